The van der Waals surface area contributed by atoms with Gasteiger partial charge in [0.15, 0.2) is 5.82 Å². The lowest BCUT2D eigenvalue weighted by Crippen LogP contribution is -2.52. The molecule has 3 amide bonds. The fourth-order valence-corrected chi connectivity index (χ4v) is 6.40. The minimum Gasteiger partial charge on any atom is -0.342 e. The average molecular weight is 540 g/mol. The molecule has 1 saturated carbocycles. The van der Waals surface area contributed by atoms with Gasteiger partial charge in [-0.25, -0.2) is 0 Å². The van der Waals surface area contributed by atoms with Crippen LogP contribution >= 0.6 is 0 Å². The number of likely N-dealkylation sites (tertiary alicyclic amines) is 1. The predicted molar refractivity (Wildman–Crippen MR) is 129 cm³/mol. The number of piperazine rings is 1. The van der Waals surface area contributed by atoms with Gasteiger partial charge in [0.1, 0.15) is 0 Å². The van der Waals surface area contributed by atoms with Crippen molar-refractivity contribution >= 4 is 17.7 Å². The molecule has 1 aromatic heterocycles. The Balaban J connectivity index is 1.14. The average Bonchev–Trinajstić information content (AvgIpc) is 3.65. The third-order valence-electron chi connectivity index (χ3n) is 8.62. The fourth-order valence-electron chi connectivity index (χ4n) is 6.40. The molecule has 0 unspecified atom stereocenters. The Morgan fingerprint density at radius 1 is 0.711 bits per heavy atom. The van der Waals surface area contributed by atoms with Gasteiger partial charge in [0.25, 0.3) is 0 Å². The van der Waals surface area contributed by atoms with Crippen LogP contribution in [-0.2, 0) is 33.6 Å². The molecule has 10 nitrogen and oxygen atoms in total. The molecule has 0 spiro atoms. The number of halogens is 3. The van der Waals surface area contributed by atoms with E-state index in [0.717, 1.165) is 56.2 Å². The molecule has 4 heterocycles. The summed E-state index contributed by atoms with van der Waals surface area (Å²) in [6, 6.07) is 0. The van der Waals surface area contributed by atoms with Crippen molar-refractivity contribution in [1.29, 1.82) is 0 Å². The number of rotatable bonds is 6. The van der Waals surface area contributed by atoms with Crippen LogP contribution in [0.4, 0.5) is 13.2 Å². The van der Waals surface area contributed by atoms with Crippen LogP contribution in [0.2, 0.25) is 0 Å². The SMILES string of the molecule is O=C(CN1CCN(C(=O)CC2(CC(=O)N3CCn4c(nnc4C(F)(F)F)C3)CCCC2)CC1)N1CCCC1. The first-order valence-corrected chi connectivity index (χ1v) is 13.7. The number of aromatic nitrogens is 3. The van der Waals surface area contributed by atoms with Crippen LogP contribution < -0.4 is 0 Å². The summed E-state index contributed by atoms with van der Waals surface area (Å²) in [6.45, 7) is 4.68. The van der Waals surface area contributed by atoms with E-state index in [9.17, 15) is 27.6 Å². The summed E-state index contributed by atoms with van der Waals surface area (Å²) in [6.07, 6.45) is 1.55. The molecule has 1 aliphatic carbocycles. The number of carbonyl (C=O) groups is 3. The number of hydrogen-bond acceptors (Lipinski definition) is 6. The van der Waals surface area contributed by atoms with Gasteiger partial charge in [-0.1, -0.05) is 12.8 Å². The summed E-state index contributed by atoms with van der Waals surface area (Å²) in [5, 5.41) is 6.96. The van der Waals surface area contributed by atoms with E-state index in [1.165, 1.54) is 0 Å². The van der Waals surface area contributed by atoms with Crippen molar-refractivity contribution < 1.29 is 27.6 Å². The summed E-state index contributed by atoms with van der Waals surface area (Å²) >= 11 is 0. The summed E-state index contributed by atoms with van der Waals surface area (Å²) < 4.78 is 40.5. The molecule has 38 heavy (non-hydrogen) atoms. The van der Waals surface area contributed by atoms with Crippen LogP contribution in [0.15, 0.2) is 0 Å². The van der Waals surface area contributed by atoms with Gasteiger partial charge in [-0.15, -0.1) is 10.2 Å². The molecule has 5 rings (SSSR count). The van der Waals surface area contributed by atoms with Crippen molar-refractivity contribution in [1.82, 2.24) is 34.4 Å². The van der Waals surface area contributed by atoms with Crippen molar-refractivity contribution in [2.24, 2.45) is 5.41 Å². The summed E-state index contributed by atoms with van der Waals surface area (Å²) in [5.74, 6) is -0.838. The highest BCUT2D eigenvalue weighted by molar-refractivity contribution is 5.81. The smallest absolute Gasteiger partial charge is 0.342 e. The van der Waals surface area contributed by atoms with Crippen LogP contribution in [0.5, 0.6) is 0 Å². The number of hydrogen-bond donors (Lipinski definition) is 0. The molecular weight excluding hydrogens is 503 g/mol. The van der Waals surface area contributed by atoms with Crippen LogP contribution in [-0.4, -0.2) is 104 Å². The molecule has 210 valence electrons. The normalized spacial score (nSPS) is 22.1. The van der Waals surface area contributed by atoms with E-state index >= 15 is 0 Å². The van der Waals surface area contributed by atoms with E-state index in [2.05, 4.69) is 15.1 Å². The molecule has 0 bridgehead atoms. The highest BCUT2D eigenvalue weighted by atomic mass is 19.4. The van der Waals surface area contributed by atoms with E-state index in [1.54, 1.807) is 4.90 Å². The quantitative estimate of drug-likeness (QED) is 0.547. The van der Waals surface area contributed by atoms with Gasteiger partial charge < -0.3 is 19.3 Å². The maximum absolute atomic E-state index is 13.3. The molecule has 0 aromatic carbocycles. The number of amides is 3. The number of alkyl halides is 3. The molecule has 1 aromatic rings. The van der Waals surface area contributed by atoms with Gasteiger partial charge in [0.2, 0.25) is 23.5 Å². The van der Waals surface area contributed by atoms with Gasteiger partial charge in [0.05, 0.1) is 13.1 Å². The molecule has 2 saturated heterocycles. The van der Waals surface area contributed by atoms with Gasteiger partial charge in [-0.3, -0.25) is 19.3 Å². The van der Waals surface area contributed by atoms with Gasteiger partial charge in [0, 0.05) is 65.2 Å². The second-order valence-electron chi connectivity index (χ2n) is 11.2. The predicted octanol–water partition coefficient (Wildman–Crippen LogP) is 1.75. The van der Waals surface area contributed by atoms with Crippen molar-refractivity contribution in [3.8, 4) is 0 Å². The molecule has 0 radical (unpaired) electrons. The number of carbonyl (C=O) groups excluding carboxylic acids is 3. The monoisotopic (exact) mass is 539 g/mol. The minimum atomic E-state index is -4.58. The maximum Gasteiger partial charge on any atom is 0.451 e. The van der Waals surface area contributed by atoms with E-state index in [-0.39, 0.29) is 49.6 Å². The topological polar surface area (TPSA) is 94.9 Å². The van der Waals surface area contributed by atoms with Crippen LogP contribution in [0.1, 0.15) is 63.0 Å². The standard InChI is InChI=1S/C25H36F3N7O3/c26-25(27,28)23-30-29-19-17-34(13-14-35(19)23)21(37)16-24(5-1-2-6-24)15-20(36)33-11-9-31(10-12-33)18-22(38)32-7-3-4-8-32/h1-18H2. The lowest BCUT2D eigenvalue weighted by Gasteiger charge is -2.38. The van der Waals surface area contributed by atoms with Crippen molar-refractivity contribution in [2.45, 2.75) is 70.6 Å². The van der Waals surface area contributed by atoms with Gasteiger partial charge in [-0.2, -0.15) is 13.2 Å². The first kappa shape index (κ1) is 26.9. The minimum absolute atomic E-state index is 0.000607. The van der Waals surface area contributed by atoms with Crippen molar-refractivity contribution in [3.63, 3.8) is 0 Å². The third kappa shape index (κ3) is 5.81. The zero-order chi connectivity index (χ0) is 26.9. The molecule has 13 heteroatoms. The first-order valence-electron chi connectivity index (χ1n) is 13.7. The Morgan fingerprint density at radius 3 is 1.92 bits per heavy atom. The van der Waals surface area contributed by atoms with Gasteiger partial charge in [-0.05, 0) is 31.1 Å². The van der Waals surface area contributed by atoms with Gasteiger partial charge >= 0.3 is 6.18 Å². The van der Waals surface area contributed by atoms with Crippen LogP contribution in [0, 0.1) is 5.41 Å². The van der Waals surface area contributed by atoms with E-state index < -0.39 is 17.4 Å². The molecule has 3 fully saturated rings. The lowest BCUT2D eigenvalue weighted by atomic mass is 9.78. The zero-order valence-electron chi connectivity index (χ0n) is 21.7. The Kier molecular flexibility index (Phi) is 7.65. The first-order chi connectivity index (χ1) is 18.1. The highest BCUT2D eigenvalue weighted by Gasteiger charge is 2.43. The summed E-state index contributed by atoms with van der Waals surface area (Å²) in [7, 11) is 0. The Morgan fingerprint density at radius 2 is 1.29 bits per heavy atom. The summed E-state index contributed by atoms with van der Waals surface area (Å²) in [5.41, 5.74) is -0.417. The molecule has 3 aliphatic heterocycles. The van der Waals surface area contributed by atoms with Crippen molar-refractivity contribution in [3.05, 3.63) is 11.6 Å². The number of nitrogens with zero attached hydrogens (tertiary/aromatic N) is 7. The van der Waals surface area contributed by atoms with Crippen LogP contribution in [0.3, 0.4) is 0 Å². The molecule has 0 N–H and O–H groups in total. The van der Waals surface area contributed by atoms with E-state index in [1.807, 2.05) is 9.80 Å². The van der Waals surface area contributed by atoms with E-state index in [4.69, 9.17) is 0 Å². The molecular formula is C25H36F3N7O3. The van der Waals surface area contributed by atoms with E-state index in [0.29, 0.717) is 39.1 Å². The molecule has 4 aliphatic rings. The Labute approximate surface area is 220 Å². The second-order valence-corrected chi connectivity index (χ2v) is 11.2. The maximum atomic E-state index is 13.3. The lowest BCUT2D eigenvalue weighted by molar-refractivity contribution is -0.148. The Bertz CT molecular complexity index is 1040. The zero-order valence-corrected chi connectivity index (χ0v) is 21.7. The number of fused-ring (bicyclic) bond motifs is 1. The largest absolute Gasteiger partial charge is 0.451 e. The van der Waals surface area contributed by atoms with Crippen LogP contribution in [0.25, 0.3) is 0 Å². The second kappa shape index (κ2) is 10.8. The summed E-state index contributed by atoms with van der Waals surface area (Å²) in [4.78, 5) is 46.4. The molecule has 0 atom stereocenters. The third-order valence-corrected chi connectivity index (χ3v) is 8.62. The highest BCUT2D eigenvalue weighted by Crippen LogP contribution is 2.45. The fraction of sp³-hybridized carbons (Fsp3) is 0.800. The van der Waals surface area contributed by atoms with Crippen molar-refractivity contribution in [2.75, 3.05) is 52.4 Å². The Hall–Kier alpha value is -2.70.